The maximum atomic E-state index is 13.0. The molecule has 1 saturated carbocycles. The lowest BCUT2D eigenvalue weighted by molar-refractivity contribution is 0.0982. The third-order valence-electron chi connectivity index (χ3n) is 3.82. The molecule has 1 aliphatic carbocycles. The van der Waals surface area contributed by atoms with Crippen LogP contribution in [0.2, 0.25) is 0 Å². The van der Waals surface area contributed by atoms with E-state index in [1.54, 1.807) is 6.20 Å². The number of nitrogens with one attached hydrogen (secondary N) is 1. The molecule has 2 atom stereocenters. The molecule has 3 nitrogen and oxygen atoms in total. The van der Waals surface area contributed by atoms with Gasteiger partial charge in [0, 0.05) is 18.3 Å². The molecule has 2 rings (SSSR count). The Balaban J connectivity index is 1.98. The van der Waals surface area contributed by atoms with Gasteiger partial charge in [-0.15, -0.1) is 0 Å². The van der Waals surface area contributed by atoms with Gasteiger partial charge < -0.3 is 10.4 Å². The molecular weight excluding hydrogens is 231 g/mol. The molecule has 1 aliphatic rings. The molecule has 18 heavy (non-hydrogen) atoms. The van der Waals surface area contributed by atoms with Crippen molar-refractivity contribution in [1.82, 2.24) is 10.3 Å². The van der Waals surface area contributed by atoms with E-state index in [9.17, 15) is 9.50 Å². The molecular formula is C14H21FN2O. The van der Waals surface area contributed by atoms with Gasteiger partial charge in [-0.3, -0.25) is 4.98 Å². The van der Waals surface area contributed by atoms with Crippen LogP contribution < -0.4 is 5.32 Å². The van der Waals surface area contributed by atoms with E-state index >= 15 is 0 Å². The minimum atomic E-state index is -0.315. The van der Waals surface area contributed by atoms with Gasteiger partial charge >= 0.3 is 0 Å². The van der Waals surface area contributed by atoms with Crippen LogP contribution in [0.3, 0.4) is 0 Å². The third-order valence-corrected chi connectivity index (χ3v) is 3.82. The molecule has 0 bridgehead atoms. The van der Waals surface area contributed by atoms with Crippen LogP contribution in [0, 0.1) is 11.7 Å². The Hall–Kier alpha value is -1.00. The van der Waals surface area contributed by atoms with Gasteiger partial charge in [0.1, 0.15) is 5.82 Å². The highest BCUT2D eigenvalue weighted by Crippen LogP contribution is 2.32. The van der Waals surface area contributed by atoms with E-state index in [4.69, 9.17) is 0 Å². The highest BCUT2D eigenvalue weighted by molar-refractivity contribution is 5.10. The van der Waals surface area contributed by atoms with Gasteiger partial charge in [0.05, 0.1) is 12.8 Å². The zero-order valence-electron chi connectivity index (χ0n) is 10.8. The van der Waals surface area contributed by atoms with Crippen LogP contribution in [0.15, 0.2) is 18.5 Å². The van der Waals surface area contributed by atoms with Gasteiger partial charge in [0.15, 0.2) is 0 Å². The predicted molar refractivity (Wildman–Crippen MR) is 68.5 cm³/mol. The molecule has 0 spiro atoms. The van der Waals surface area contributed by atoms with Crippen molar-refractivity contribution in [2.24, 2.45) is 5.92 Å². The number of hydrogen-bond acceptors (Lipinski definition) is 3. The van der Waals surface area contributed by atoms with Gasteiger partial charge in [-0.1, -0.05) is 19.8 Å². The van der Waals surface area contributed by atoms with Gasteiger partial charge in [0.25, 0.3) is 0 Å². The Labute approximate surface area is 107 Å². The maximum absolute atomic E-state index is 13.0. The number of nitrogens with zero attached hydrogens (tertiary/aromatic N) is 1. The van der Waals surface area contributed by atoms with Crippen LogP contribution in [0.4, 0.5) is 4.39 Å². The highest BCUT2D eigenvalue weighted by atomic mass is 19.1. The normalized spacial score (nSPS) is 28.3. The number of aliphatic hydroxyl groups is 1. The summed E-state index contributed by atoms with van der Waals surface area (Å²) in [5, 5.41) is 13.0. The molecule has 0 radical (unpaired) electrons. The largest absolute Gasteiger partial charge is 0.394 e. The van der Waals surface area contributed by atoms with Crippen LogP contribution in [0.5, 0.6) is 0 Å². The standard InChI is InChI=1S/C14H21FN2O/c1-11-3-2-4-14(6-11,10-18)17-8-12-5-13(15)9-16-7-12/h5,7,9,11,17-18H,2-4,6,8,10H2,1H3. The van der Waals surface area contributed by atoms with E-state index in [2.05, 4.69) is 17.2 Å². The number of halogens is 1. The summed E-state index contributed by atoms with van der Waals surface area (Å²) in [5.41, 5.74) is 0.616. The van der Waals surface area contributed by atoms with E-state index in [0.29, 0.717) is 12.5 Å². The Morgan fingerprint density at radius 2 is 2.39 bits per heavy atom. The van der Waals surface area contributed by atoms with E-state index in [0.717, 1.165) is 24.8 Å². The van der Waals surface area contributed by atoms with E-state index in [1.807, 2.05) is 0 Å². The summed E-state index contributed by atoms with van der Waals surface area (Å²) in [6.07, 6.45) is 7.19. The topological polar surface area (TPSA) is 45.1 Å². The van der Waals surface area contributed by atoms with Crippen LogP contribution in [0.1, 0.15) is 38.2 Å². The molecule has 2 N–H and O–H groups in total. The number of aromatic nitrogens is 1. The Kier molecular flexibility index (Phi) is 4.30. The Morgan fingerprint density at radius 3 is 3.06 bits per heavy atom. The van der Waals surface area contributed by atoms with E-state index in [1.165, 1.54) is 18.7 Å². The van der Waals surface area contributed by atoms with E-state index in [-0.39, 0.29) is 18.0 Å². The lowest BCUT2D eigenvalue weighted by Crippen LogP contribution is -2.51. The first kappa shape index (κ1) is 13.4. The second kappa shape index (κ2) is 5.76. The fourth-order valence-electron chi connectivity index (χ4n) is 2.86. The van der Waals surface area contributed by atoms with Gasteiger partial charge in [-0.2, -0.15) is 0 Å². The summed E-state index contributed by atoms with van der Waals surface area (Å²) in [5.74, 6) is 0.313. The Morgan fingerprint density at radius 1 is 1.56 bits per heavy atom. The fraction of sp³-hybridized carbons (Fsp3) is 0.643. The average Bonchev–Trinajstić information content (AvgIpc) is 2.37. The summed E-state index contributed by atoms with van der Waals surface area (Å²) < 4.78 is 13.0. The molecule has 0 amide bonds. The summed E-state index contributed by atoms with van der Waals surface area (Å²) in [6, 6.07) is 1.48. The number of hydrogen-bond donors (Lipinski definition) is 2. The summed E-state index contributed by atoms with van der Waals surface area (Å²) in [7, 11) is 0. The third kappa shape index (κ3) is 3.27. The zero-order chi connectivity index (χ0) is 13.0. The highest BCUT2D eigenvalue weighted by Gasteiger charge is 2.33. The molecule has 1 heterocycles. The molecule has 1 aromatic rings. The fourth-order valence-corrected chi connectivity index (χ4v) is 2.86. The van der Waals surface area contributed by atoms with E-state index < -0.39 is 0 Å². The van der Waals surface area contributed by atoms with Crippen LogP contribution >= 0.6 is 0 Å². The first-order valence-corrected chi connectivity index (χ1v) is 6.59. The summed E-state index contributed by atoms with van der Waals surface area (Å²) in [6.45, 7) is 2.91. The first-order chi connectivity index (χ1) is 8.63. The van der Waals surface area contributed by atoms with Crippen molar-refractivity contribution in [1.29, 1.82) is 0 Å². The summed E-state index contributed by atoms with van der Waals surface area (Å²) in [4.78, 5) is 3.83. The van der Waals surface area contributed by atoms with Crippen molar-refractivity contribution in [2.45, 2.75) is 44.7 Å². The molecule has 4 heteroatoms. The summed E-state index contributed by atoms with van der Waals surface area (Å²) >= 11 is 0. The second-order valence-electron chi connectivity index (χ2n) is 5.50. The molecule has 0 saturated heterocycles. The second-order valence-corrected chi connectivity index (χ2v) is 5.50. The molecule has 1 aromatic heterocycles. The lowest BCUT2D eigenvalue weighted by Gasteiger charge is -2.39. The van der Waals surface area contributed by atoms with Crippen molar-refractivity contribution < 1.29 is 9.50 Å². The lowest BCUT2D eigenvalue weighted by atomic mass is 9.77. The first-order valence-electron chi connectivity index (χ1n) is 6.59. The molecule has 0 aromatic carbocycles. The molecule has 100 valence electrons. The zero-order valence-corrected chi connectivity index (χ0v) is 10.8. The van der Waals surface area contributed by atoms with Crippen molar-refractivity contribution in [3.8, 4) is 0 Å². The van der Waals surface area contributed by atoms with Crippen LogP contribution in [-0.4, -0.2) is 22.2 Å². The average molecular weight is 252 g/mol. The smallest absolute Gasteiger partial charge is 0.141 e. The van der Waals surface area contributed by atoms with Gasteiger partial charge in [0.2, 0.25) is 0 Å². The maximum Gasteiger partial charge on any atom is 0.141 e. The predicted octanol–water partition coefficient (Wildman–Crippen LogP) is 2.25. The van der Waals surface area contributed by atoms with Crippen molar-refractivity contribution in [2.75, 3.05) is 6.61 Å². The van der Waals surface area contributed by atoms with Crippen molar-refractivity contribution in [3.05, 3.63) is 29.8 Å². The number of aliphatic hydroxyl groups excluding tert-OH is 1. The minimum absolute atomic E-state index is 0.139. The quantitative estimate of drug-likeness (QED) is 0.864. The van der Waals surface area contributed by atoms with Crippen molar-refractivity contribution in [3.63, 3.8) is 0 Å². The van der Waals surface area contributed by atoms with Crippen molar-refractivity contribution >= 4 is 0 Å². The molecule has 1 fully saturated rings. The van der Waals surface area contributed by atoms with Crippen LogP contribution in [-0.2, 0) is 6.54 Å². The number of rotatable bonds is 4. The number of pyridine rings is 1. The van der Waals surface area contributed by atoms with Gasteiger partial charge in [-0.05, 0) is 30.4 Å². The monoisotopic (exact) mass is 252 g/mol. The van der Waals surface area contributed by atoms with Gasteiger partial charge in [-0.25, -0.2) is 4.39 Å². The van der Waals surface area contributed by atoms with Crippen LogP contribution in [0.25, 0.3) is 0 Å². The Bertz CT molecular complexity index is 399. The molecule has 0 aliphatic heterocycles. The minimum Gasteiger partial charge on any atom is -0.394 e. The molecule has 2 unspecified atom stereocenters. The SMILES string of the molecule is CC1CCCC(CO)(NCc2cncc(F)c2)C1.